The molecule has 4 aromatic rings. The molecule has 230 valence electrons. The Bertz CT molecular complexity index is 1580. The molecule has 3 unspecified atom stereocenters. The number of benzene rings is 4. The Balaban J connectivity index is 1.34. The Morgan fingerprint density at radius 1 is 0.841 bits per heavy atom. The first-order valence-electron chi connectivity index (χ1n) is 15.9. The average molecular weight is 594 g/mol. The van der Waals surface area contributed by atoms with E-state index in [1.807, 2.05) is 43.3 Å². The van der Waals surface area contributed by atoms with Crippen molar-refractivity contribution in [3.63, 3.8) is 0 Å². The van der Waals surface area contributed by atoms with Gasteiger partial charge in [-0.25, -0.2) is 0 Å². The van der Waals surface area contributed by atoms with Crippen molar-refractivity contribution in [1.29, 1.82) is 0 Å². The zero-order chi connectivity index (χ0) is 30.7. The number of esters is 2. The van der Waals surface area contributed by atoms with Crippen LogP contribution in [0.3, 0.4) is 0 Å². The maximum atomic E-state index is 13.6. The molecule has 4 atom stereocenters. The Morgan fingerprint density at radius 2 is 1.48 bits per heavy atom. The molecule has 1 aliphatic heterocycles. The highest BCUT2D eigenvalue weighted by molar-refractivity contribution is 5.84. The summed E-state index contributed by atoms with van der Waals surface area (Å²) < 4.78 is 11.7. The number of piperidine rings is 1. The van der Waals surface area contributed by atoms with Gasteiger partial charge in [-0.15, -0.1) is 0 Å². The van der Waals surface area contributed by atoms with E-state index in [1.54, 1.807) is 0 Å². The Labute approximate surface area is 260 Å². The molecule has 5 rings (SSSR count). The summed E-state index contributed by atoms with van der Waals surface area (Å²) in [5.74, 6) is -2.01. The molecule has 2 N–H and O–H groups in total. The summed E-state index contributed by atoms with van der Waals surface area (Å²) in [6, 6.07) is 29.1. The van der Waals surface area contributed by atoms with E-state index in [-0.39, 0.29) is 24.5 Å². The number of ether oxygens (including phenoxy) is 2. The Kier molecular flexibility index (Phi) is 11.2. The molecule has 1 saturated heterocycles. The number of aliphatic hydroxyl groups excluding tert-OH is 1. The number of hydrogen-bond acceptors (Lipinski definition) is 6. The number of hydrogen-bond donors (Lipinski definition) is 2. The zero-order valence-corrected chi connectivity index (χ0v) is 25.5. The second kappa shape index (κ2) is 15.6. The molecule has 6 nitrogen and oxygen atoms in total. The van der Waals surface area contributed by atoms with Gasteiger partial charge in [0.1, 0.15) is 6.10 Å². The summed E-state index contributed by atoms with van der Waals surface area (Å²) in [4.78, 5) is 26.5. The first-order valence-corrected chi connectivity index (χ1v) is 15.9. The molecular weight excluding hydrogens is 550 g/mol. The van der Waals surface area contributed by atoms with Crippen LogP contribution in [-0.2, 0) is 31.9 Å². The van der Waals surface area contributed by atoms with Crippen LogP contribution >= 0.6 is 0 Å². The summed E-state index contributed by atoms with van der Waals surface area (Å²) in [6.45, 7) is 3.42. The molecule has 0 radical (unpaired) electrons. The van der Waals surface area contributed by atoms with Crippen molar-refractivity contribution < 1.29 is 24.2 Å². The minimum atomic E-state index is -0.573. The van der Waals surface area contributed by atoms with Crippen LogP contribution in [0.4, 0.5) is 0 Å². The lowest BCUT2D eigenvalue weighted by molar-refractivity contribution is -0.164. The van der Waals surface area contributed by atoms with Crippen molar-refractivity contribution in [3.05, 3.63) is 108 Å². The number of fused-ring (bicyclic) bond motifs is 2. The Hall–Kier alpha value is -4.00. The van der Waals surface area contributed by atoms with Crippen molar-refractivity contribution in [3.8, 4) is 0 Å². The van der Waals surface area contributed by atoms with Gasteiger partial charge in [0.25, 0.3) is 0 Å². The fourth-order valence-corrected chi connectivity index (χ4v) is 5.94. The summed E-state index contributed by atoms with van der Waals surface area (Å²) in [5.41, 5.74) is 2.18. The smallest absolute Gasteiger partial charge is 0.311 e. The van der Waals surface area contributed by atoms with Gasteiger partial charge in [-0.3, -0.25) is 9.59 Å². The maximum absolute atomic E-state index is 13.6. The van der Waals surface area contributed by atoms with Crippen LogP contribution < -0.4 is 5.32 Å². The maximum Gasteiger partial charge on any atom is 0.311 e. The van der Waals surface area contributed by atoms with Crippen LogP contribution in [0.15, 0.2) is 97.1 Å². The van der Waals surface area contributed by atoms with Crippen molar-refractivity contribution in [2.45, 2.75) is 45.1 Å². The quantitative estimate of drug-likeness (QED) is 0.106. The van der Waals surface area contributed by atoms with Crippen molar-refractivity contribution in [2.24, 2.45) is 17.8 Å². The van der Waals surface area contributed by atoms with Crippen molar-refractivity contribution >= 4 is 33.5 Å². The first-order chi connectivity index (χ1) is 21.5. The third kappa shape index (κ3) is 8.34. The van der Waals surface area contributed by atoms with Crippen LogP contribution in [0.25, 0.3) is 21.5 Å². The largest absolute Gasteiger partial charge is 0.465 e. The number of carbonyl (C=O) groups excluding carboxylic acids is 2. The van der Waals surface area contributed by atoms with Gasteiger partial charge in [0.05, 0.1) is 18.4 Å². The number of rotatable bonds is 13. The lowest BCUT2D eigenvalue weighted by atomic mass is 9.86. The normalized spacial score (nSPS) is 18.3. The van der Waals surface area contributed by atoms with E-state index in [1.165, 1.54) is 10.8 Å². The number of unbranched alkanes of at least 4 members (excludes halogenated alkanes) is 1. The Morgan fingerprint density at radius 3 is 2.11 bits per heavy atom. The number of carbonyl (C=O) groups is 2. The monoisotopic (exact) mass is 593 g/mol. The molecule has 0 aromatic heterocycles. The third-order valence-corrected chi connectivity index (χ3v) is 8.49. The van der Waals surface area contributed by atoms with Crippen LogP contribution in [0, 0.1) is 17.8 Å². The summed E-state index contributed by atoms with van der Waals surface area (Å²) in [5, 5.41) is 18.1. The SMILES string of the molecule is CCCCOC(=O)C1CNCCC1C(=O)O[C@@H](/C=C/C(CO)Cc1ccc2ccccc2c1)Cc1ccc2ccccc2c1. The minimum Gasteiger partial charge on any atom is -0.465 e. The van der Waals surface area contributed by atoms with Gasteiger partial charge in [0, 0.05) is 25.5 Å². The van der Waals surface area contributed by atoms with E-state index in [9.17, 15) is 14.7 Å². The van der Waals surface area contributed by atoms with E-state index >= 15 is 0 Å². The fourth-order valence-electron chi connectivity index (χ4n) is 5.94. The summed E-state index contributed by atoms with van der Waals surface area (Å²) in [7, 11) is 0. The summed E-state index contributed by atoms with van der Waals surface area (Å²) in [6.07, 6.45) is 6.70. The standard InChI is InChI=1S/C38H43NO5/c1-2-3-20-43-37(41)36-25-39-19-18-35(36)38(42)44-34(24-28-13-16-31-9-5-7-11-33(31)23-28)17-14-29(26-40)21-27-12-15-30-8-4-6-10-32(30)22-27/h4-17,22-23,29,34-36,39-40H,2-3,18-21,24-26H2,1H3/b17-14+/t29?,34-,35?,36?/m0/s1. The van der Waals surface area contributed by atoms with Crippen LogP contribution in [0.5, 0.6) is 0 Å². The molecule has 0 aliphatic carbocycles. The summed E-state index contributed by atoms with van der Waals surface area (Å²) >= 11 is 0. The van der Waals surface area contributed by atoms with Gasteiger partial charge in [0.15, 0.2) is 0 Å². The van der Waals surface area contributed by atoms with Crippen molar-refractivity contribution in [2.75, 3.05) is 26.3 Å². The molecule has 1 heterocycles. The molecule has 1 aliphatic rings. The van der Waals surface area contributed by atoms with E-state index in [0.29, 0.717) is 39.0 Å². The third-order valence-electron chi connectivity index (χ3n) is 8.49. The van der Waals surface area contributed by atoms with E-state index in [2.05, 4.69) is 66.0 Å². The van der Waals surface area contributed by atoms with Crippen LogP contribution in [0.1, 0.15) is 37.3 Å². The molecular formula is C38H43NO5. The fraction of sp³-hybridized carbons (Fsp3) is 0.368. The molecule has 0 bridgehead atoms. The molecule has 1 fully saturated rings. The molecule has 0 spiro atoms. The van der Waals surface area contributed by atoms with Gasteiger partial charge < -0.3 is 19.9 Å². The van der Waals surface area contributed by atoms with E-state index in [0.717, 1.165) is 34.7 Å². The number of nitrogens with one attached hydrogen (secondary N) is 1. The zero-order valence-electron chi connectivity index (χ0n) is 25.5. The van der Waals surface area contributed by atoms with Gasteiger partial charge in [-0.05, 0) is 64.6 Å². The van der Waals surface area contributed by atoms with Gasteiger partial charge >= 0.3 is 11.9 Å². The van der Waals surface area contributed by atoms with Crippen molar-refractivity contribution in [1.82, 2.24) is 5.32 Å². The number of aliphatic hydroxyl groups is 1. The molecule has 6 heteroatoms. The second-order valence-corrected chi connectivity index (χ2v) is 11.8. The van der Waals surface area contributed by atoms with Gasteiger partial charge in [-0.1, -0.05) is 104 Å². The average Bonchev–Trinajstić information content (AvgIpc) is 3.06. The highest BCUT2D eigenvalue weighted by Gasteiger charge is 2.38. The van der Waals surface area contributed by atoms with Crippen LogP contribution in [-0.4, -0.2) is 49.5 Å². The highest BCUT2D eigenvalue weighted by atomic mass is 16.5. The molecule has 44 heavy (non-hydrogen) atoms. The topological polar surface area (TPSA) is 84.9 Å². The van der Waals surface area contributed by atoms with Gasteiger partial charge in [-0.2, -0.15) is 0 Å². The predicted molar refractivity (Wildman–Crippen MR) is 175 cm³/mol. The lowest BCUT2D eigenvalue weighted by Crippen LogP contribution is -2.46. The molecule has 4 aromatic carbocycles. The van der Waals surface area contributed by atoms with Gasteiger partial charge in [0.2, 0.25) is 0 Å². The molecule has 0 amide bonds. The second-order valence-electron chi connectivity index (χ2n) is 11.8. The minimum absolute atomic E-state index is 0.0278. The first kappa shape index (κ1) is 31.4. The van der Waals surface area contributed by atoms with Crippen LogP contribution in [0.2, 0.25) is 0 Å². The predicted octanol–water partition coefficient (Wildman–Crippen LogP) is 6.42. The van der Waals surface area contributed by atoms with E-state index in [4.69, 9.17) is 9.47 Å². The highest BCUT2D eigenvalue weighted by Crippen LogP contribution is 2.25. The van der Waals surface area contributed by atoms with E-state index < -0.39 is 17.9 Å². The lowest BCUT2D eigenvalue weighted by Gasteiger charge is -2.30. The molecule has 0 saturated carbocycles.